The summed E-state index contributed by atoms with van der Waals surface area (Å²) in [4.78, 5) is 0. The quantitative estimate of drug-likeness (QED) is 0.767. The average molecular weight is 244 g/mol. The van der Waals surface area contributed by atoms with Crippen molar-refractivity contribution >= 4 is 12.2 Å². The molecule has 2 rings (SSSR count). The van der Waals surface area contributed by atoms with E-state index >= 15 is 0 Å². The third kappa shape index (κ3) is 2.03. The Morgan fingerprint density at radius 3 is 2.41 bits per heavy atom. The number of hydrogen-bond donors (Lipinski definition) is 1. The summed E-state index contributed by atoms with van der Waals surface area (Å²) in [5, 5.41) is 7.30. The van der Waals surface area contributed by atoms with E-state index in [4.69, 9.17) is 12.2 Å². The molecule has 88 valence electrons. The van der Waals surface area contributed by atoms with Crippen molar-refractivity contribution in [2.45, 2.75) is 27.7 Å². The minimum atomic E-state index is 0.719. The average Bonchev–Trinajstić information content (AvgIpc) is 2.31. The summed E-state index contributed by atoms with van der Waals surface area (Å²) in [5.74, 6) is 0. The van der Waals surface area contributed by atoms with E-state index in [2.05, 4.69) is 49.2 Å². The van der Waals surface area contributed by atoms with Crippen molar-refractivity contribution in [3.63, 3.8) is 0 Å². The number of nitrogens with zero attached hydrogens (tertiary/aromatic N) is 1. The van der Waals surface area contributed by atoms with Crippen LogP contribution in [-0.2, 0) is 0 Å². The summed E-state index contributed by atoms with van der Waals surface area (Å²) in [7, 11) is 0. The summed E-state index contributed by atoms with van der Waals surface area (Å²) in [6.45, 7) is 8.35. The van der Waals surface area contributed by atoms with Crippen molar-refractivity contribution in [1.82, 2.24) is 10.2 Å². The van der Waals surface area contributed by atoms with Crippen LogP contribution in [0.25, 0.3) is 11.3 Å². The van der Waals surface area contributed by atoms with Crippen LogP contribution in [0.1, 0.15) is 22.3 Å². The smallest absolute Gasteiger partial charge is 0.122 e. The molecule has 0 spiro atoms. The number of hydrogen-bond acceptors (Lipinski definition) is 2. The highest BCUT2D eigenvalue weighted by molar-refractivity contribution is 7.71. The highest BCUT2D eigenvalue weighted by Gasteiger charge is 2.10. The first-order chi connectivity index (χ1) is 8.02. The Hall–Kier alpha value is -1.48. The minimum Gasteiger partial charge on any atom is -0.267 e. The lowest BCUT2D eigenvalue weighted by atomic mass is 9.97. The predicted molar refractivity (Wildman–Crippen MR) is 73.8 cm³/mol. The second-order valence-electron chi connectivity index (χ2n) is 4.40. The molecule has 0 aliphatic heterocycles. The topological polar surface area (TPSA) is 28.7 Å². The second kappa shape index (κ2) is 4.41. The third-order valence-electron chi connectivity index (χ3n) is 3.39. The molecule has 1 aromatic heterocycles. The van der Waals surface area contributed by atoms with Crippen LogP contribution >= 0.6 is 12.2 Å². The molecule has 0 aliphatic carbocycles. The summed E-state index contributed by atoms with van der Waals surface area (Å²) in [6.07, 6.45) is 0. The predicted octanol–water partition coefficient (Wildman–Crippen LogP) is 4.04. The van der Waals surface area contributed by atoms with Crippen LogP contribution in [0, 0.1) is 32.3 Å². The van der Waals surface area contributed by atoms with Crippen molar-refractivity contribution in [3.05, 3.63) is 45.1 Å². The molecular weight excluding hydrogens is 228 g/mol. The van der Waals surface area contributed by atoms with Crippen LogP contribution in [0.2, 0.25) is 0 Å². The normalized spacial score (nSPS) is 10.6. The van der Waals surface area contributed by atoms with Crippen LogP contribution in [0.15, 0.2) is 18.2 Å². The van der Waals surface area contributed by atoms with Crippen molar-refractivity contribution < 1.29 is 0 Å². The van der Waals surface area contributed by atoms with E-state index in [1.54, 1.807) is 0 Å². The maximum Gasteiger partial charge on any atom is 0.122 e. The van der Waals surface area contributed by atoms with Gasteiger partial charge in [0.2, 0.25) is 0 Å². The molecule has 0 saturated carbocycles. The number of H-pyrrole nitrogens is 1. The van der Waals surface area contributed by atoms with Crippen molar-refractivity contribution in [3.8, 4) is 11.3 Å². The van der Waals surface area contributed by atoms with Crippen LogP contribution in [0.5, 0.6) is 0 Å². The summed E-state index contributed by atoms with van der Waals surface area (Å²) in [5.41, 5.74) is 6.99. The van der Waals surface area contributed by atoms with Gasteiger partial charge in [0.15, 0.2) is 0 Å². The van der Waals surface area contributed by atoms with Crippen LogP contribution < -0.4 is 0 Å². The van der Waals surface area contributed by atoms with E-state index in [1.165, 1.54) is 16.7 Å². The fourth-order valence-corrected chi connectivity index (χ4v) is 2.09. The second-order valence-corrected chi connectivity index (χ2v) is 4.81. The number of benzene rings is 1. The molecule has 2 aromatic rings. The molecule has 0 aliphatic rings. The zero-order chi connectivity index (χ0) is 12.6. The van der Waals surface area contributed by atoms with Crippen molar-refractivity contribution in [2.75, 3.05) is 0 Å². The van der Waals surface area contributed by atoms with E-state index < -0.39 is 0 Å². The minimum absolute atomic E-state index is 0.719. The zero-order valence-electron chi connectivity index (χ0n) is 10.6. The van der Waals surface area contributed by atoms with Crippen LogP contribution in [0.4, 0.5) is 0 Å². The molecule has 2 nitrogen and oxygen atoms in total. The molecule has 1 N–H and O–H groups in total. The Bertz CT molecular complexity index is 627. The lowest BCUT2D eigenvalue weighted by Crippen LogP contribution is -1.98. The van der Waals surface area contributed by atoms with Gasteiger partial charge in [-0.3, -0.25) is 5.10 Å². The van der Waals surface area contributed by atoms with Gasteiger partial charge in [-0.25, -0.2) is 0 Å². The first-order valence-electron chi connectivity index (χ1n) is 5.65. The van der Waals surface area contributed by atoms with Gasteiger partial charge in [-0.15, -0.1) is 0 Å². The first kappa shape index (κ1) is 12.0. The fraction of sp³-hybridized carbons (Fsp3) is 0.286. The van der Waals surface area contributed by atoms with Crippen LogP contribution in [-0.4, -0.2) is 10.2 Å². The largest absolute Gasteiger partial charge is 0.267 e. The van der Waals surface area contributed by atoms with Crippen molar-refractivity contribution in [2.24, 2.45) is 0 Å². The lowest BCUT2D eigenvalue weighted by Gasteiger charge is -2.11. The maximum absolute atomic E-state index is 5.19. The molecule has 1 heterocycles. The Morgan fingerprint density at radius 1 is 1.00 bits per heavy atom. The molecule has 0 unspecified atom stereocenters. The number of aromatic amines is 1. The van der Waals surface area contributed by atoms with Gasteiger partial charge in [-0.2, -0.15) is 5.10 Å². The third-order valence-corrected chi connectivity index (χ3v) is 3.78. The van der Waals surface area contributed by atoms with Crippen LogP contribution in [0.3, 0.4) is 0 Å². The van der Waals surface area contributed by atoms with E-state index in [-0.39, 0.29) is 0 Å². The Kier molecular flexibility index (Phi) is 3.11. The molecular formula is C14H16N2S. The highest BCUT2D eigenvalue weighted by Crippen LogP contribution is 2.27. The van der Waals surface area contributed by atoms with Gasteiger partial charge in [0.25, 0.3) is 0 Å². The van der Waals surface area contributed by atoms with Gasteiger partial charge in [-0.1, -0.05) is 30.4 Å². The molecule has 0 atom stereocenters. The van der Waals surface area contributed by atoms with Gasteiger partial charge in [0.1, 0.15) is 4.64 Å². The summed E-state index contributed by atoms with van der Waals surface area (Å²) < 4.78 is 0.719. The van der Waals surface area contributed by atoms with E-state index in [0.29, 0.717) is 0 Å². The summed E-state index contributed by atoms with van der Waals surface area (Å²) in [6, 6.07) is 6.29. The number of aromatic nitrogens is 2. The summed E-state index contributed by atoms with van der Waals surface area (Å²) >= 11 is 5.19. The SMILES string of the molecule is Cc1cccc(-c2n[nH]c(=S)c(C)c2C)c1C. The maximum atomic E-state index is 5.19. The molecule has 0 saturated heterocycles. The fourth-order valence-electron chi connectivity index (χ4n) is 1.89. The van der Waals surface area contributed by atoms with Gasteiger partial charge in [-0.05, 0) is 49.9 Å². The number of aryl methyl sites for hydroxylation is 1. The lowest BCUT2D eigenvalue weighted by molar-refractivity contribution is 0.984. The molecule has 17 heavy (non-hydrogen) atoms. The molecule has 3 heteroatoms. The Labute approximate surface area is 107 Å². The molecule has 0 bridgehead atoms. The van der Waals surface area contributed by atoms with Gasteiger partial charge in [0, 0.05) is 5.56 Å². The zero-order valence-corrected chi connectivity index (χ0v) is 11.4. The standard InChI is InChI=1S/C14H16N2S/c1-8-6-5-7-12(9(8)2)13-10(3)11(4)14(17)16-15-13/h5-7H,1-4H3,(H,16,17). The van der Waals surface area contributed by atoms with Gasteiger partial charge >= 0.3 is 0 Å². The van der Waals surface area contributed by atoms with E-state index in [0.717, 1.165) is 21.5 Å². The molecule has 0 amide bonds. The van der Waals surface area contributed by atoms with E-state index in [9.17, 15) is 0 Å². The van der Waals surface area contributed by atoms with Gasteiger partial charge in [0.05, 0.1) is 5.69 Å². The molecule has 0 fully saturated rings. The highest BCUT2D eigenvalue weighted by atomic mass is 32.1. The van der Waals surface area contributed by atoms with Crippen molar-refractivity contribution in [1.29, 1.82) is 0 Å². The monoisotopic (exact) mass is 244 g/mol. The number of rotatable bonds is 1. The Balaban J connectivity index is 2.74. The number of nitrogens with one attached hydrogen (secondary N) is 1. The molecule has 1 aromatic carbocycles. The Morgan fingerprint density at radius 2 is 1.71 bits per heavy atom. The first-order valence-corrected chi connectivity index (χ1v) is 6.05. The van der Waals surface area contributed by atoms with E-state index in [1.807, 2.05) is 6.92 Å². The van der Waals surface area contributed by atoms with Gasteiger partial charge < -0.3 is 0 Å². The molecule has 0 radical (unpaired) electrons.